The summed E-state index contributed by atoms with van der Waals surface area (Å²) in [6.45, 7) is 7.83. The Labute approximate surface area is 323 Å². The third kappa shape index (κ3) is 10.2. The number of rotatable bonds is 14. The number of benzene rings is 4. The molecule has 11 heteroatoms. The number of amidine groups is 1. The number of hydrogen-bond acceptors (Lipinski definition) is 6. The number of halogens is 2. The van der Waals surface area contributed by atoms with E-state index in [9.17, 15) is 14.4 Å². The first-order valence-electron chi connectivity index (χ1n) is 16.7. The second-order valence-electron chi connectivity index (χ2n) is 11.5. The summed E-state index contributed by atoms with van der Waals surface area (Å²) in [5, 5.41) is 3.99. The van der Waals surface area contributed by atoms with Gasteiger partial charge in [-0.2, -0.15) is 4.99 Å². The van der Waals surface area contributed by atoms with Gasteiger partial charge in [-0.25, -0.2) is 0 Å². The smallest absolute Gasteiger partial charge is 0.285 e. The molecule has 0 radical (unpaired) electrons. The maximum absolute atomic E-state index is 14.2. The molecule has 0 saturated carbocycles. The van der Waals surface area contributed by atoms with Crippen molar-refractivity contribution in [2.45, 2.75) is 26.5 Å². The van der Waals surface area contributed by atoms with Gasteiger partial charge in [-0.1, -0.05) is 133 Å². The van der Waals surface area contributed by atoms with Crippen LogP contribution in [0.5, 0.6) is 11.5 Å². The van der Waals surface area contributed by atoms with Crippen LogP contribution in [0.4, 0.5) is 0 Å². The van der Waals surface area contributed by atoms with E-state index in [0.717, 1.165) is 28.5 Å². The summed E-state index contributed by atoms with van der Waals surface area (Å²) in [5.41, 5.74) is 3.36. The minimum absolute atomic E-state index is 0.0593. The van der Waals surface area contributed by atoms with Gasteiger partial charge in [0.15, 0.2) is 16.7 Å². The van der Waals surface area contributed by atoms with E-state index < -0.39 is 17.9 Å². The average molecular weight is 767 g/mol. The number of ether oxygens (including phenoxy) is 2. The minimum Gasteiger partial charge on any atom is -0.490 e. The van der Waals surface area contributed by atoms with E-state index >= 15 is 0 Å². The largest absolute Gasteiger partial charge is 0.490 e. The van der Waals surface area contributed by atoms with Crippen molar-refractivity contribution in [2.75, 3.05) is 12.4 Å². The maximum Gasteiger partial charge on any atom is 0.285 e. The third-order valence-electron chi connectivity index (χ3n) is 7.85. The van der Waals surface area contributed by atoms with Crippen LogP contribution >= 0.6 is 35.0 Å². The highest BCUT2D eigenvalue weighted by atomic mass is 35.5. The molecule has 1 aliphatic rings. The SMILES string of the molecule is C=C/C=C\C(=C/C)N1C(=O)/C(=C/c2cc(Cl)c(OCc3ccc(Cl)cc3)c(OCC)c2)C(=O)N=C1SCC(=O)NC(c1ccccc1)c1ccccc1. The highest BCUT2D eigenvalue weighted by Crippen LogP contribution is 2.38. The van der Waals surface area contributed by atoms with Gasteiger partial charge in [0.1, 0.15) is 12.2 Å². The van der Waals surface area contributed by atoms with Crippen LogP contribution in [0.15, 0.2) is 144 Å². The monoisotopic (exact) mass is 765 g/mol. The molecule has 1 aliphatic heterocycles. The molecule has 53 heavy (non-hydrogen) atoms. The number of nitrogens with one attached hydrogen (secondary N) is 1. The molecule has 0 aromatic heterocycles. The predicted molar refractivity (Wildman–Crippen MR) is 214 cm³/mol. The lowest BCUT2D eigenvalue weighted by Crippen LogP contribution is -2.42. The van der Waals surface area contributed by atoms with E-state index in [2.05, 4.69) is 16.9 Å². The first-order valence-corrected chi connectivity index (χ1v) is 18.5. The van der Waals surface area contributed by atoms with Gasteiger partial charge < -0.3 is 14.8 Å². The van der Waals surface area contributed by atoms with E-state index in [1.807, 2.05) is 79.7 Å². The van der Waals surface area contributed by atoms with Crippen LogP contribution in [0.3, 0.4) is 0 Å². The molecule has 4 aromatic carbocycles. The van der Waals surface area contributed by atoms with Gasteiger partial charge in [-0.3, -0.25) is 19.3 Å². The molecule has 0 fully saturated rings. The van der Waals surface area contributed by atoms with Gasteiger partial charge >= 0.3 is 0 Å². The van der Waals surface area contributed by atoms with Crippen molar-refractivity contribution in [3.63, 3.8) is 0 Å². The molecule has 0 aliphatic carbocycles. The lowest BCUT2D eigenvalue weighted by Gasteiger charge is -2.28. The molecule has 3 amide bonds. The zero-order valence-corrected chi connectivity index (χ0v) is 31.5. The Kier molecular flexibility index (Phi) is 13.9. The number of allylic oxidation sites excluding steroid dienone is 4. The maximum atomic E-state index is 14.2. The zero-order chi connectivity index (χ0) is 37.7. The lowest BCUT2D eigenvalue weighted by atomic mass is 9.99. The Morgan fingerprint density at radius 1 is 0.962 bits per heavy atom. The summed E-state index contributed by atoms with van der Waals surface area (Å²) in [5.74, 6) is -1.16. The molecular formula is C42H37Cl2N3O5S. The molecule has 0 saturated heterocycles. The number of carbonyl (C=O) groups excluding carboxylic acids is 3. The summed E-state index contributed by atoms with van der Waals surface area (Å²) in [7, 11) is 0. The van der Waals surface area contributed by atoms with Crippen molar-refractivity contribution in [1.82, 2.24) is 10.2 Å². The number of nitrogens with zero attached hydrogens (tertiary/aromatic N) is 2. The summed E-state index contributed by atoms with van der Waals surface area (Å²) < 4.78 is 11.9. The van der Waals surface area contributed by atoms with E-state index in [1.54, 1.807) is 55.5 Å². The third-order valence-corrected chi connectivity index (χ3v) is 9.32. The van der Waals surface area contributed by atoms with Crippen molar-refractivity contribution in [1.29, 1.82) is 0 Å². The zero-order valence-electron chi connectivity index (χ0n) is 29.1. The van der Waals surface area contributed by atoms with Crippen molar-refractivity contribution in [2.24, 2.45) is 4.99 Å². The standard InChI is InChI=1S/C42H37Cl2N3O5S/c1-4-7-18-33(5-2)47-41(50)34(23-29-24-35(44)39(36(25-29)51-6-3)52-26-28-19-21-32(43)22-20-28)40(49)46-42(47)53-27-37(48)45-38(30-14-10-8-11-15-30)31-16-12-9-13-17-31/h4-5,7-25,38H,1,6,26-27H2,2-3H3,(H,45,48)/b18-7-,33-5+,34-23+. The second kappa shape index (κ2) is 18.9. The Hall–Kier alpha value is -5.35. The van der Waals surface area contributed by atoms with Crippen LogP contribution in [0.1, 0.15) is 42.1 Å². The molecule has 1 heterocycles. The Bertz CT molecular complexity index is 2040. The van der Waals surface area contributed by atoms with Gasteiger partial charge in [0.25, 0.3) is 11.8 Å². The van der Waals surface area contributed by atoms with Crippen LogP contribution in [-0.2, 0) is 21.0 Å². The minimum atomic E-state index is -0.763. The van der Waals surface area contributed by atoms with Crippen LogP contribution in [0.25, 0.3) is 6.08 Å². The van der Waals surface area contributed by atoms with Crippen LogP contribution in [-0.4, -0.2) is 40.1 Å². The fourth-order valence-electron chi connectivity index (χ4n) is 5.37. The second-order valence-corrected chi connectivity index (χ2v) is 13.3. The summed E-state index contributed by atoms with van der Waals surface area (Å²) >= 11 is 13.7. The van der Waals surface area contributed by atoms with Gasteiger partial charge in [0, 0.05) is 10.7 Å². The first kappa shape index (κ1) is 38.9. The van der Waals surface area contributed by atoms with E-state index in [-0.39, 0.29) is 34.0 Å². The quantitative estimate of drug-likeness (QED) is 0.0781. The Morgan fingerprint density at radius 3 is 2.23 bits per heavy atom. The number of thioether (sulfide) groups is 1. The molecule has 8 nitrogen and oxygen atoms in total. The average Bonchev–Trinajstić information content (AvgIpc) is 3.16. The number of hydrogen-bond donors (Lipinski definition) is 1. The molecule has 5 rings (SSSR count). The normalized spacial score (nSPS) is 14.1. The highest BCUT2D eigenvalue weighted by Gasteiger charge is 2.35. The molecule has 0 atom stereocenters. The van der Waals surface area contributed by atoms with Crippen LogP contribution < -0.4 is 14.8 Å². The van der Waals surface area contributed by atoms with Gasteiger partial charge in [0.05, 0.1) is 23.4 Å². The number of amides is 3. The van der Waals surface area contributed by atoms with Crippen molar-refractivity contribution in [3.05, 3.63) is 172 Å². The lowest BCUT2D eigenvalue weighted by molar-refractivity contribution is -0.126. The first-order chi connectivity index (χ1) is 25.7. The fraction of sp³-hybridized carbons (Fsp3) is 0.143. The predicted octanol–water partition coefficient (Wildman–Crippen LogP) is 9.36. The van der Waals surface area contributed by atoms with Crippen molar-refractivity contribution in [3.8, 4) is 11.5 Å². The van der Waals surface area contributed by atoms with E-state index in [1.165, 1.54) is 11.0 Å². The van der Waals surface area contributed by atoms with Crippen LogP contribution in [0, 0.1) is 0 Å². The Morgan fingerprint density at radius 2 is 1.62 bits per heavy atom. The fourth-order valence-corrected chi connectivity index (χ4v) is 6.58. The van der Waals surface area contributed by atoms with E-state index in [0.29, 0.717) is 34.4 Å². The summed E-state index contributed by atoms with van der Waals surface area (Å²) in [4.78, 5) is 46.8. The van der Waals surface area contributed by atoms with Crippen LogP contribution in [0.2, 0.25) is 10.0 Å². The van der Waals surface area contributed by atoms with Gasteiger partial charge in [-0.05, 0) is 72.5 Å². The molecule has 1 N–H and O–H groups in total. The summed E-state index contributed by atoms with van der Waals surface area (Å²) in [6, 6.07) is 29.3. The Balaban J connectivity index is 1.42. The van der Waals surface area contributed by atoms with Gasteiger partial charge in [-0.15, -0.1) is 0 Å². The van der Waals surface area contributed by atoms with Crippen molar-refractivity contribution < 1.29 is 23.9 Å². The topological polar surface area (TPSA) is 97.3 Å². The molecule has 270 valence electrons. The number of aliphatic imine (C=N–C) groups is 1. The highest BCUT2D eigenvalue weighted by molar-refractivity contribution is 8.14. The number of carbonyl (C=O) groups is 3. The molecule has 4 aromatic rings. The molecule has 0 unspecified atom stereocenters. The molecule has 0 spiro atoms. The molecular weight excluding hydrogens is 729 g/mol. The molecule has 0 bridgehead atoms. The van der Waals surface area contributed by atoms with E-state index in [4.69, 9.17) is 32.7 Å². The van der Waals surface area contributed by atoms with Gasteiger partial charge in [0.2, 0.25) is 5.91 Å². The summed E-state index contributed by atoms with van der Waals surface area (Å²) in [6.07, 6.45) is 8.03. The van der Waals surface area contributed by atoms with Crippen molar-refractivity contribution >= 4 is 63.9 Å².